The van der Waals surface area contributed by atoms with E-state index >= 15 is 0 Å². The lowest BCUT2D eigenvalue weighted by atomic mass is 10.0. The van der Waals surface area contributed by atoms with Gasteiger partial charge in [-0.2, -0.15) is 0 Å². The van der Waals surface area contributed by atoms with Crippen molar-refractivity contribution >= 4 is 29.2 Å². The van der Waals surface area contributed by atoms with Gasteiger partial charge in [0.15, 0.2) is 0 Å². The van der Waals surface area contributed by atoms with E-state index in [9.17, 15) is 19.5 Å². The second-order valence-electron chi connectivity index (χ2n) is 14.1. The lowest BCUT2D eigenvalue weighted by Gasteiger charge is -2.13. The molecule has 0 fully saturated rings. The Morgan fingerprint density at radius 2 is 1.09 bits per heavy atom. The van der Waals surface area contributed by atoms with Crippen molar-refractivity contribution in [1.29, 1.82) is 0 Å². The molecule has 324 valence electrons. The summed E-state index contributed by atoms with van der Waals surface area (Å²) in [7, 11) is 0. The van der Waals surface area contributed by atoms with Crippen LogP contribution in [0.2, 0.25) is 0 Å². The number of carboxylic acids is 1. The van der Waals surface area contributed by atoms with E-state index in [1.54, 1.807) is 97.1 Å². The second kappa shape index (κ2) is 22.3. The van der Waals surface area contributed by atoms with Gasteiger partial charge in [-0.1, -0.05) is 78.9 Å². The fourth-order valence-corrected chi connectivity index (χ4v) is 6.22. The van der Waals surface area contributed by atoms with Crippen molar-refractivity contribution in [2.24, 2.45) is 0 Å². The van der Waals surface area contributed by atoms with Crippen LogP contribution in [0.3, 0.4) is 0 Å². The number of esters is 1. The SMILES string of the molecule is O=C(OCc1ccccc1)c1ccc(COO)c(CONc2ccc(Oc3cccc(Oc4ccc(NC(=O)c5cc(COOCc6ccccc6)ccc5C(=O)O)cc4)c3)cc2)c1. The van der Waals surface area contributed by atoms with Gasteiger partial charge in [0.05, 0.1) is 22.4 Å². The summed E-state index contributed by atoms with van der Waals surface area (Å²) in [6.07, 6.45) is 0. The lowest BCUT2D eigenvalue weighted by molar-refractivity contribution is -0.313. The fourth-order valence-electron chi connectivity index (χ4n) is 6.22. The van der Waals surface area contributed by atoms with E-state index < -0.39 is 17.8 Å². The predicted molar refractivity (Wildman–Crippen MR) is 235 cm³/mol. The van der Waals surface area contributed by atoms with Gasteiger partial charge in [-0.3, -0.25) is 20.4 Å². The molecular formula is C50H42N2O12. The Balaban J connectivity index is 0.888. The minimum atomic E-state index is -1.24. The summed E-state index contributed by atoms with van der Waals surface area (Å²) in [6.45, 7) is 0.326. The number of ether oxygens (including phenoxy) is 3. The van der Waals surface area contributed by atoms with Gasteiger partial charge in [0.1, 0.15) is 56.0 Å². The first-order valence-corrected chi connectivity index (χ1v) is 19.9. The van der Waals surface area contributed by atoms with Crippen molar-refractivity contribution in [3.05, 3.63) is 214 Å². The zero-order valence-corrected chi connectivity index (χ0v) is 34.2. The number of carbonyl (C=O) groups is 3. The first-order chi connectivity index (χ1) is 31.3. The average Bonchev–Trinajstić information content (AvgIpc) is 3.32. The van der Waals surface area contributed by atoms with Crippen molar-refractivity contribution in [3.63, 3.8) is 0 Å². The first-order valence-electron chi connectivity index (χ1n) is 19.9. The maximum absolute atomic E-state index is 13.3. The number of hydrogen-bond acceptors (Lipinski definition) is 12. The van der Waals surface area contributed by atoms with Gasteiger partial charge in [0.25, 0.3) is 5.91 Å². The van der Waals surface area contributed by atoms with Gasteiger partial charge in [-0.15, -0.1) is 0 Å². The highest BCUT2D eigenvalue weighted by Gasteiger charge is 2.18. The molecule has 0 saturated heterocycles. The number of anilines is 2. The normalized spacial score (nSPS) is 10.8. The zero-order chi connectivity index (χ0) is 44.5. The molecule has 0 atom stereocenters. The molecule has 0 aliphatic heterocycles. The van der Waals surface area contributed by atoms with Gasteiger partial charge >= 0.3 is 11.9 Å². The molecule has 7 rings (SSSR count). The number of carbonyl (C=O) groups excluding carboxylic acids is 2. The van der Waals surface area contributed by atoms with Gasteiger partial charge in [-0.25, -0.2) is 24.3 Å². The molecule has 4 N–H and O–H groups in total. The minimum Gasteiger partial charge on any atom is -0.478 e. The zero-order valence-electron chi connectivity index (χ0n) is 34.2. The Kier molecular flexibility index (Phi) is 15.4. The standard InChI is InChI=1S/C50H42N2O12/c53-48(47-26-36(14-25-46(47)49(54)55)31-62-61-30-35-10-5-2-6-11-35)51-40-17-21-42(22-18-40)63-44-12-7-13-45(28-44)64-43-23-19-41(20-24-43)52-59-32-39-27-37(15-16-38(39)33-60-57)50(56)58-29-34-8-3-1-4-9-34/h1-28,52,57H,29-33H2,(H,51,53)(H,54,55). The Labute approximate surface area is 367 Å². The molecule has 7 aromatic carbocycles. The van der Waals surface area contributed by atoms with E-state index in [1.165, 1.54) is 12.1 Å². The van der Waals surface area contributed by atoms with Gasteiger partial charge in [0, 0.05) is 11.8 Å². The van der Waals surface area contributed by atoms with Crippen LogP contribution in [0.5, 0.6) is 23.0 Å². The summed E-state index contributed by atoms with van der Waals surface area (Å²) in [5, 5.41) is 21.6. The Morgan fingerprint density at radius 1 is 0.484 bits per heavy atom. The van der Waals surface area contributed by atoms with Crippen LogP contribution < -0.4 is 20.3 Å². The monoisotopic (exact) mass is 862 g/mol. The highest BCUT2D eigenvalue weighted by atomic mass is 17.2. The summed E-state index contributed by atoms with van der Waals surface area (Å²) < 4.78 is 17.6. The quantitative estimate of drug-likeness (QED) is 0.0232. The van der Waals surface area contributed by atoms with Crippen LogP contribution in [-0.4, -0.2) is 28.2 Å². The molecule has 14 nitrogen and oxygen atoms in total. The summed E-state index contributed by atoms with van der Waals surface area (Å²) in [5.74, 6) is -0.295. The van der Waals surface area contributed by atoms with Crippen LogP contribution in [0.1, 0.15) is 58.9 Å². The lowest BCUT2D eigenvalue weighted by Crippen LogP contribution is -2.17. The molecule has 0 radical (unpaired) electrons. The van der Waals surface area contributed by atoms with E-state index in [1.807, 2.05) is 60.7 Å². The molecule has 0 aliphatic carbocycles. The van der Waals surface area contributed by atoms with Crippen LogP contribution in [0.25, 0.3) is 0 Å². The third-order valence-corrected chi connectivity index (χ3v) is 9.47. The molecule has 64 heavy (non-hydrogen) atoms. The molecule has 7 aromatic rings. The van der Waals surface area contributed by atoms with Crippen molar-refractivity contribution < 1.29 is 58.5 Å². The van der Waals surface area contributed by atoms with Gasteiger partial charge in [0.2, 0.25) is 0 Å². The minimum absolute atomic E-state index is 0.00644. The predicted octanol–water partition coefficient (Wildman–Crippen LogP) is 10.8. The maximum Gasteiger partial charge on any atom is 0.338 e. The van der Waals surface area contributed by atoms with Gasteiger partial charge in [-0.05, 0) is 113 Å². The van der Waals surface area contributed by atoms with Crippen molar-refractivity contribution in [2.45, 2.75) is 33.0 Å². The van der Waals surface area contributed by atoms with E-state index in [0.29, 0.717) is 56.6 Å². The smallest absolute Gasteiger partial charge is 0.338 e. The third-order valence-electron chi connectivity index (χ3n) is 9.47. The van der Waals surface area contributed by atoms with Gasteiger partial charge < -0.3 is 24.6 Å². The van der Waals surface area contributed by atoms with Crippen molar-refractivity contribution in [2.75, 3.05) is 10.8 Å². The number of benzene rings is 7. The first kappa shape index (κ1) is 44.2. The van der Waals surface area contributed by atoms with Crippen molar-refractivity contribution in [3.8, 4) is 23.0 Å². The Morgan fingerprint density at radius 3 is 1.72 bits per heavy atom. The summed E-state index contributed by atoms with van der Waals surface area (Å²) in [4.78, 5) is 58.6. The molecule has 0 spiro atoms. The van der Waals surface area contributed by atoms with Crippen LogP contribution in [-0.2, 0) is 57.3 Å². The van der Waals surface area contributed by atoms with E-state index in [0.717, 1.165) is 11.1 Å². The van der Waals surface area contributed by atoms with E-state index in [-0.39, 0.29) is 44.2 Å². The average molecular weight is 863 g/mol. The Bertz CT molecular complexity index is 2640. The number of rotatable bonds is 21. The fraction of sp³-hybridized carbons (Fsp3) is 0.100. The number of aromatic carboxylic acids is 1. The summed E-state index contributed by atoms with van der Waals surface area (Å²) >= 11 is 0. The van der Waals surface area contributed by atoms with Crippen LogP contribution in [0.15, 0.2) is 170 Å². The summed E-state index contributed by atoms with van der Waals surface area (Å²) in [6, 6.07) is 48.9. The van der Waals surface area contributed by atoms with E-state index in [2.05, 4.69) is 15.7 Å². The maximum atomic E-state index is 13.3. The molecule has 0 heterocycles. The molecule has 14 heteroatoms. The molecule has 0 saturated carbocycles. The number of amides is 1. The molecule has 0 aliphatic rings. The highest BCUT2D eigenvalue weighted by molar-refractivity contribution is 6.10. The number of nitrogens with one attached hydrogen (secondary N) is 2. The molecule has 0 unspecified atom stereocenters. The molecule has 0 aromatic heterocycles. The largest absolute Gasteiger partial charge is 0.478 e. The van der Waals surface area contributed by atoms with Crippen LogP contribution >= 0.6 is 0 Å². The van der Waals surface area contributed by atoms with Crippen molar-refractivity contribution in [1.82, 2.24) is 0 Å². The van der Waals surface area contributed by atoms with Crippen LogP contribution in [0.4, 0.5) is 11.4 Å². The molecular weight excluding hydrogens is 821 g/mol. The highest BCUT2D eigenvalue weighted by Crippen LogP contribution is 2.30. The second-order valence-corrected chi connectivity index (χ2v) is 14.1. The molecule has 1 amide bonds. The third kappa shape index (κ3) is 12.8. The molecule has 0 bridgehead atoms. The number of carboxylic acid groups (broad SMARTS) is 1. The summed E-state index contributed by atoms with van der Waals surface area (Å²) in [5.41, 5.74) is 7.67. The topological polar surface area (TPSA) is 180 Å². The van der Waals surface area contributed by atoms with E-state index in [4.69, 9.17) is 34.1 Å². The number of hydrogen-bond donors (Lipinski definition) is 4. The van der Waals surface area contributed by atoms with Crippen LogP contribution in [0, 0.1) is 0 Å². The Hall–Kier alpha value is -7.85.